The van der Waals surface area contributed by atoms with E-state index < -0.39 is 12.0 Å². The molecule has 0 aliphatic heterocycles. The summed E-state index contributed by atoms with van der Waals surface area (Å²) in [5.41, 5.74) is 6.94. The molecule has 1 atom stereocenters. The number of benzene rings is 1. The number of aromatic nitrogens is 4. The lowest BCUT2D eigenvalue weighted by molar-refractivity contribution is -0.00315. The molecule has 0 aliphatic rings. The van der Waals surface area contributed by atoms with Crippen LogP contribution in [0.15, 0.2) is 36.9 Å². The number of phenols is 1. The molecule has 0 radical (unpaired) electrons. The molecule has 10 nitrogen and oxygen atoms in total. The van der Waals surface area contributed by atoms with Crippen LogP contribution >= 0.6 is 0 Å². The Bertz CT molecular complexity index is 929. The number of ether oxygens (including phenoxy) is 1. The second kappa shape index (κ2) is 8.43. The number of rotatable bonds is 8. The maximum absolute atomic E-state index is 12.2. The lowest BCUT2D eigenvalue weighted by Crippen LogP contribution is -2.34. The van der Waals surface area contributed by atoms with Gasteiger partial charge in [-0.3, -0.25) is 9.36 Å². The van der Waals surface area contributed by atoms with Crippen LogP contribution in [0, 0.1) is 0 Å². The summed E-state index contributed by atoms with van der Waals surface area (Å²) in [6, 6.07) is 6.26. The Morgan fingerprint density at radius 3 is 2.89 bits per heavy atom. The Kier molecular flexibility index (Phi) is 5.79. The minimum atomic E-state index is -0.443. The number of nitrogens with zero attached hydrogens (tertiary/aromatic N) is 4. The number of imidazole rings is 1. The highest BCUT2D eigenvalue weighted by Crippen LogP contribution is 2.16. The quantitative estimate of drug-likeness (QED) is 0.440. The van der Waals surface area contributed by atoms with Crippen LogP contribution < -0.4 is 11.1 Å². The highest BCUT2D eigenvalue weighted by atomic mass is 16.5. The van der Waals surface area contributed by atoms with Crippen molar-refractivity contribution < 1.29 is 19.7 Å². The van der Waals surface area contributed by atoms with Gasteiger partial charge in [0.1, 0.15) is 24.3 Å². The maximum atomic E-state index is 12.2. The molecule has 0 saturated heterocycles. The number of aliphatic hydroxyl groups is 1. The summed E-state index contributed by atoms with van der Waals surface area (Å²) in [6.45, 7) is 0.179. The Balaban J connectivity index is 1.61. The number of carbonyl (C=O) groups is 1. The third-order valence-corrected chi connectivity index (χ3v) is 3.97. The van der Waals surface area contributed by atoms with Gasteiger partial charge >= 0.3 is 0 Å². The van der Waals surface area contributed by atoms with Crippen LogP contribution in [0.1, 0.15) is 16.8 Å². The van der Waals surface area contributed by atoms with Crippen molar-refractivity contribution in [3.8, 4) is 5.75 Å². The van der Waals surface area contributed by atoms with E-state index in [1.807, 2.05) is 0 Å². The fraction of sp³-hybridized carbons (Fsp3) is 0.294. The molecule has 0 spiro atoms. The van der Waals surface area contributed by atoms with E-state index in [-0.39, 0.29) is 37.0 Å². The van der Waals surface area contributed by atoms with Crippen LogP contribution in [0.5, 0.6) is 5.75 Å². The Morgan fingerprint density at radius 1 is 1.30 bits per heavy atom. The summed E-state index contributed by atoms with van der Waals surface area (Å²) < 4.78 is 7.43. The van der Waals surface area contributed by atoms with E-state index in [0.29, 0.717) is 17.6 Å². The summed E-state index contributed by atoms with van der Waals surface area (Å²) in [6.07, 6.45) is 2.76. The molecule has 2 aromatic heterocycles. The highest BCUT2D eigenvalue weighted by molar-refractivity contribution is 5.96. The summed E-state index contributed by atoms with van der Waals surface area (Å²) in [5, 5.41) is 21.7. The second-order valence-electron chi connectivity index (χ2n) is 5.80. The van der Waals surface area contributed by atoms with Crippen molar-refractivity contribution in [2.45, 2.75) is 19.3 Å². The lowest BCUT2D eigenvalue weighted by Gasteiger charge is -2.18. The molecule has 0 bridgehead atoms. The SMILES string of the molecule is Nc1ncnc2c1ncn2CO[C@@H](CCO)CNC(=O)c1ccccc1O. The first-order chi connectivity index (χ1) is 13.1. The number of phenolic OH excluding ortho intramolecular Hbond substituents is 1. The van der Waals surface area contributed by atoms with Crippen molar-refractivity contribution in [1.29, 1.82) is 0 Å². The molecule has 5 N–H and O–H groups in total. The molecular weight excluding hydrogens is 352 g/mol. The van der Waals surface area contributed by atoms with Gasteiger partial charge < -0.3 is 26.0 Å². The lowest BCUT2D eigenvalue weighted by atomic mass is 10.2. The molecule has 3 rings (SSSR count). The predicted molar refractivity (Wildman–Crippen MR) is 96.8 cm³/mol. The number of hydrogen-bond acceptors (Lipinski definition) is 8. The fourth-order valence-corrected chi connectivity index (χ4v) is 2.53. The number of nitrogens with two attached hydrogens (primary N) is 1. The van der Waals surface area contributed by atoms with Crippen molar-refractivity contribution in [2.24, 2.45) is 0 Å². The normalized spacial score (nSPS) is 12.2. The van der Waals surface area contributed by atoms with Crippen molar-refractivity contribution in [3.05, 3.63) is 42.5 Å². The molecule has 10 heteroatoms. The van der Waals surface area contributed by atoms with E-state index >= 15 is 0 Å². The predicted octanol–water partition coefficient (Wildman–Crippen LogP) is 0.269. The van der Waals surface area contributed by atoms with Crippen molar-refractivity contribution in [3.63, 3.8) is 0 Å². The van der Waals surface area contributed by atoms with E-state index in [9.17, 15) is 15.0 Å². The van der Waals surface area contributed by atoms with Gasteiger partial charge in [0.2, 0.25) is 0 Å². The number of nitrogen functional groups attached to an aromatic ring is 1. The first kappa shape index (κ1) is 18.5. The molecule has 2 heterocycles. The highest BCUT2D eigenvalue weighted by Gasteiger charge is 2.15. The minimum Gasteiger partial charge on any atom is -0.507 e. The number of fused-ring (bicyclic) bond motifs is 1. The molecule has 0 aliphatic carbocycles. The van der Waals surface area contributed by atoms with E-state index in [1.54, 1.807) is 16.7 Å². The van der Waals surface area contributed by atoms with E-state index in [1.165, 1.54) is 24.8 Å². The summed E-state index contributed by atoms with van der Waals surface area (Å²) in [5.74, 6) is -0.245. The maximum Gasteiger partial charge on any atom is 0.255 e. The molecule has 142 valence electrons. The van der Waals surface area contributed by atoms with Crippen LogP contribution in [-0.4, -0.2) is 54.9 Å². The smallest absolute Gasteiger partial charge is 0.255 e. The van der Waals surface area contributed by atoms with Gasteiger partial charge in [-0.25, -0.2) is 15.0 Å². The van der Waals surface area contributed by atoms with Crippen LogP contribution in [0.2, 0.25) is 0 Å². The third kappa shape index (κ3) is 4.30. The van der Waals surface area contributed by atoms with Gasteiger partial charge in [0.25, 0.3) is 5.91 Å². The standard InChI is InChI=1S/C17H20N6O4/c18-15-14-16(21-8-20-15)23(9-22-14)10-27-11(5-6-24)7-19-17(26)12-3-1-2-4-13(12)25/h1-4,8-9,11,24-25H,5-7,10H2,(H,19,26)(H2,18,20,21)/t11-/m0/s1. The average Bonchev–Trinajstić information content (AvgIpc) is 3.08. The monoisotopic (exact) mass is 372 g/mol. The number of aromatic hydroxyl groups is 1. The zero-order valence-corrected chi connectivity index (χ0v) is 14.4. The van der Waals surface area contributed by atoms with Crippen LogP contribution in [-0.2, 0) is 11.5 Å². The zero-order chi connectivity index (χ0) is 19.2. The van der Waals surface area contributed by atoms with Gasteiger partial charge in [0.15, 0.2) is 11.5 Å². The van der Waals surface area contributed by atoms with Gasteiger partial charge in [-0.15, -0.1) is 0 Å². The minimum absolute atomic E-state index is 0.100. The number of amides is 1. The Hall–Kier alpha value is -3.24. The topological polar surface area (TPSA) is 148 Å². The third-order valence-electron chi connectivity index (χ3n) is 3.97. The van der Waals surface area contributed by atoms with Crippen molar-refractivity contribution in [1.82, 2.24) is 24.8 Å². The van der Waals surface area contributed by atoms with Crippen LogP contribution in [0.25, 0.3) is 11.2 Å². The van der Waals surface area contributed by atoms with Crippen LogP contribution in [0.4, 0.5) is 5.82 Å². The first-order valence-corrected chi connectivity index (χ1v) is 8.30. The van der Waals surface area contributed by atoms with Gasteiger partial charge in [-0.2, -0.15) is 0 Å². The largest absolute Gasteiger partial charge is 0.507 e. The fourth-order valence-electron chi connectivity index (χ4n) is 2.53. The van der Waals surface area contributed by atoms with Crippen molar-refractivity contribution in [2.75, 3.05) is 18.9 Å². The molecule has 1 amide bonds. The summed E-state index contributed by atoms with van der Waals surface area (Å²) in [7, 11) is 0. The van der Waals surface area contributed by atoms with Crippen molar-refractivity contribution >= 4 is 22.9 Å². The molecular formula is C17H20N6O4. The molecule has 0 saturated carbocycles. The first-order valence-electron chi connectivity index (χ1n) is 8.30. The number of para-hydroxylation sites is 1. The number of hydrogen-bond donors (Lipinski definition) is 4. The Labute approximate surface area is 154 Å². The average molecular weight is 372 g/mol. The second-order valence-corrected chi connectivity index (χ2v) is 5.80. The van der Waals surface area contributed by atoms with E-state index in [4.69, 9.17) is 10.5 Å². The molecule has 3 aromatic rings. The van der Waals surface area contributed by atoms with Crippen LogP contribution in [0.3, 0.4) is 0 Å². The van der Waals surface area contributed by atoms with Gasteiger partial charge in [0, 0.05) is 13.2 Å². The number of nitrogens with one attached hydrogen (secondary N) is 1. The summed E-state index contributed by atoms with van der Waals surface area (Å²) >= 11 is 0. The molecule has 0 fully saturated rings. The summed E-state index contributed by atoms with van der Waals surface area (Å²) in [4.78, 5) is 24.3. The number of anilines is 1. The molecule has 27 heavy (non-hydrogen) atoms. The van der Waals surface area contributed by atoms with Gasteiger partial charge in [-0.05, 0) is 18.6 Å². The zero-order valence-electron chi connectivity index (χ0n) is 14.4. The Morgan fingerprint density at radius 2 is 2.11 bits per heavy atom. The number of carbonyl (C=O) groups excluding carboxylic acids is 1. The molecule has 1 aromatic carbocycles. The van der Waals surface area contributed by atoms with Gasteiger partial charge in [-0.1, -0.05) is 12.1 Å². The van der Waals surface area contributed by atoms with Gasteiger partial charge in [0.05, 0.1) is 18.0 Å². The van der Waals surface area contributed by atoms with E-state index in [2.05, 4.69) is 20.3 Å². The van der Waals surface area contributed by atoms with E-state index in [0.717, 1.165) is 0 Å². The number of aliphatic hydroxyl groups excluding tert-OH is 1. The molecule has 0 unspecified atom stereocenters.